The molecule has 3 heterocycles. The predicted octanol–water partition coefficient (Wildman–Crippen LogP) is 6.38. The first-order valence-electron chi connectivity index (χ1n) is 11.7. The SMILES string of the molecule is CCOc1ccc2nc(NC(=O)c3sc4nc(N)c(C#N)c(-c5ccc(C(C)C)cc5)c4c3N)sc2c1. The van der Waals surface area contributed by atoms with Crippen LogP contribution in [0.2, 0.25) is 0 Å². The number of nitriles is 1. The van der Waals surface area contributed by atoms with Gasteiger partial charge in [0.25, 0.3) is 5.91 Å². The zero-order valence-electron chi connectivity index (χ0n) is 20.5. The molecule has 1 amide bonds. The number of thiazole rings is 1. The second kappa shape index (κ2) is 9.69. The summed E-state index contributed by atoms with van der Waals surface area (Å²) in [4.78, 5) is 23.0. The maximum Gasteiger partial charge on any atom is 0.269 e. The second-order valence-electron chi connectivity index (χ2n) is 8.70. The van der Waals surface area contributed by atoms with Gasteiger partial charge >= 0.3 is 0 Å². The number of ether oxygens (including phenoxy) is 1. The number of hydrogen-bond acceptors (Lipinski definition) is 9. The molecule has 5 aromatic rings. The Labute approximate surface area is 221 Å². The number of hydrogen-bond donors (Lipinski definition) is 3. The summed E-state index contributed by atoms with van der Waals surface area (Å²) in [6, 6.07) is 15.7. The Morgan fingerprint density at radius 3 is 2.57 bits per heavy atom. The number of nitrogens with one attached hydrogen (secondary N) is 1. The Balaban J connectivity index is 1.56. The number of anilines is 3. The van der Waals surface area contributed by atoms with Gasteiger partial charge in [0.2, 0.25) is 0 Å². The number of benzene rings is 2. The molecule has 0 saturated heterocycles. The van der Waals surface area contributed by atoms with Gasteiger partial charge in [0.1, 0.15) is 32.9 Å². The summed E-state index contributed by atoms with van der Waals surface area (Å²) >= 11 is 2.48. The molecule has 0 spiro atoms. The van der Waals surface area contributed by atoms with Gasteiger partial charge in [-0.15, -0.1) is 11.3 Å². The minimum absolute atomic E-state index is 0.0995. The van der Waals surface area contributed by atoms with Crippen molar-refractivity contribution >= 4 is 65.7 Å². The van der Waals surface area contributed by atoms with Gasteiger partial charge in [-0.2, -0.15) is 5.26 Å². The van der Waals surface area contributed by atoms with Crippen molar-refractivity contribution in [2.45, 2.75) is 26.7 Å². The van der Waals surface area contributed by atoms with E-state index in [-0.39, 0.29) is 21.9 Å². The summed E-state index contributed by atoms with van der Waals surface area (Å²) in [7, 11) is 0. The average molecular weight is 529 g/mol. The molecule has 2 aromatic carbocycles. The topological polar surface area (TPSA) is 140 Å². The first-order chi connectivity index (χ1) is 17.8. The molecule has 8 nitrogen and oxygen atoms in total. The molecule has 0 aliphatic rings. The lowest BCUT2D eigenvalue weighted by Crippen LogP contribution is -2.11. The fraction of sp³-hybridized carbons (Fsp3) is 0.185. The minimum Gasteiger partial charge on any atom is -0.494 e. The van der Waals surface area contributed by atoms with Crippen LogP contribution in [-0.2, 0) is 0 Å². The van der Waals surface area contributed by atoms with Crippen LogP contribution in [0.5, 0.6) is 5.75 Å². The van der Waals surface area contributed by atoms with Crippen molar-refractivity contribution in [1.29, 1.82) is 5.26 Å². The maximum atomic E-state index is 13.3. The summed E-state index contributed by atoms with van der Waals surface area (Å²) in [5, 5.41) is 13.7. The molecule has 0 aliphatic carbocycles. The lowest BCUT2D eigenvalue weighted by atomic mass is 9.94. The number of rotatable bonds is 6. The van der Waals surface area contributed by atoms with E-state index in [0.29, 0.717) is 33.4 Å². The normalized spacial score (nSPS) is 11.2. The molecule has 0 saturated carbocycles. The largest absolute Gasteiger partial charge is 0.494 e. The number of nitrogens with zero attached hydrogens (tertiary/aromatic N) is 3. The standard InChI is InChI=1S/C27H24N6O2S2/c1-4-35-16-9-10-18-19(11-16)36-27(31-18)33-25(34)23-22(29)21-20(15-7-5-14(6-8-15)13(2)3)17(12-28)24(30)32-26(21)37-23/h5-11,13H,4,29H2,1-3H3,(H2,30,32)(H,31,33,34). The van der Waals surface area contributed by atoms with Crippen LogP contribution in [0.4, 0.5) is 16.6 Å². The summed E-state index contributed by atoms with van der Waals surface area (Å²) in [6.07, 6.45) is 0. The van der Waals surface area contributed by atoms with Crippen molar-refractivity contribution < 1.29 is 9.53 Å². The van der Waals surface area contributed by atoms with Crippen LogP contribution in [0.25, 0.3) is 31.6 Å². The highest BCUT2D eigenvalue weighted by Gasteiger charge is 2.25. The van der Waals surface area contributed by atoms with E-state index in [1.54, 1.807) is 0 Å². The van der Waals surface area contributed by atoms with Crippen molar-refractivity contribution in [3.8, 4) is 22.9 Å². The van der Waals surface area contributed by atoms with E-state index in [2.05, 4.69) is 35.2 Å². The summed E-state index contributed by atoms with van der Waals surface area (Å²) in [5.41, 5.74) is 16.5. The molecule has 0 fully saturated rings. The highest BCUT2D eigenvalue weighted by atomic mass is 32.1. The van der Waals surface area contributed by atoms with E-state index in [1.807, 2.05) is 49.4 Å². The lowest BCUT2D eigenvalue weighted by molar-refractivity contribution is 0.103. The first-order valence-corrected chi connectivity index (χ1v) is 13.3. The number of carbonyl (C=O) groups excluding carboxylic acids is 1. The van der Waals surface area contributed by atoms with E-state index >= 15 is 0 Å². The molecule has 0 unspecified atom stereocenters. The molecule has 0 bridgehead atoms. The number of thiophene rings is 1. The van der Waals surface area contributed by atoms with E-state index in [4.69, 9.17) is 16.2 Å². The Hall–Kier alpha value is -4.20. The summed E-state index contributed by atoms with van der Waals surface area (Å²) in [5.74, 6) is 0.809. The molecule has 0 aliphatic heterocycles. The second-order valence-corrected chi connectivity index (χ2v) is 10.7. The van der Waals surface area contributed by atoms with Crippen LogP contribution in [0.3, 0.4) is 0 Å². The van der Waals surface area contributed by atoms with Crippen molar-refractivity contribution in [3.05, 3.63) is 58.5 Å². The number of nitrogen functional groups attached to an aromatic ring is 2. The van der Waals surface area contributed by atoms with Gasteiger partial charge in [0.15, 0.2) is 5.13 Å². The van der Waals surface area contributed by atoms with Gasteiger partial charge in [0, 0.05) is 10.9 Å². The third-order valence-electron chi connectivity index (χ3n) is 5.98. The molecule has 0 radical (unpaired) electrons. The summed E-state index contributed by atoms with van der Waals surface area (Å²) in [6.45, 7) is 6.72. The van der Waals surface area contributed by atoms with Crippen molar-refractivity contribution in [3.63, 3.8) is 0 Å². The van der Waals surface area contributed by atoms with Gasteiger partial charge in [-0.25, -0.2) is 9.97 Å². The number of nitrogens with two attached hydrogens (primary N) is 2. The molecular formula is C27H24N6O2S2. The zero-order chi connectivity index (χ0) is 26.3. The van der Waals surface area contributed by atoms with Crippen LogP contribution in [0.1, 0.15) is 47.5 Å². The van der Waals surface area contributed by atoms with Crippen molar-refractivity contribution in [1.82, 2.24) is 9.97 Å². The molecule has 5 rings (SSSR count). The quantitative estimate of drug-likeness (QED) is 0.232. The van der Waals surface area contributed by atoms with Gasteiger partial charge in [-0.3, -0.25) is 10.1 Å². The fourth-order valence-corrected chi connectivity index (χ4v) is 6.04. The van der Waals surface area contributed by atoms with Crippen molar-refractivity contribution in [2.24, 2.45) is 0 Å². The van der Waals surface area contributed by atoms with Crippen LogP contribution in [0.15, 0.2) is 42.5 Å². The van der Waals surface area contributed by atoms with E-state index in [1.165, 1.54) is 16.9 Å². The maximum absolute atomic E-state index is 13.3. The minimum atomic E-state index is -0.400. The van der Waals surface area contributed by atoms with Gasteiger partial charge in [0.05, 0.1) is 22.5 Å². The molecule has 10 heteroatoms. The number of pyridine rings is 1. The van der Waals surface area contributed by atoms with Crippen LogP contribution in [-0.4, -0.2) is 22.5 Å². The highest BCUT2D eigenvalue weighted by Crippen LogP contribution is 2.43. The van der Waals surface area contributed by atoms with Gasteiger partial charge in [-0.05, 0) is 42.2 Å². The smallest absolute Gasteiger partial charge is 0.269 e. The number of aromatic nitrogens is 2. The van der Waals surface area contributed by atoms with E-state index in [9.17, 15) is 10.1 Å². The van der Waals surface area contributed by atoms with Crippen LogP contribution in [0, 0.1) is 11.3 Å². The lowest BCUT2D eigenvalue weighted by Gasteiger charge is -2.11. The highest BCUT2D eigenvalue weighted by molar-refractivity contribution is 7.23. The average Bonchev–Trinajstić information content (AvgIpc) is 3.42. The Morgan fingerprint density at radius 2 is 1.89 bits per heavy atom. The fourth-order valence-electron chi connectivity index (χ4n) is 4.14. The van der Waals surface area contributed by atoms with Crippen LogP contribution >= 0.6 is 22.7 Å². The molecule has 37 heavy (non-hydrogen) atoms. The Bertz CT molecular complexity index is 1700. The molecule has 186 valence electrons. The van der Waals surface area contributed by atoms with Gasteiger partial charge < -0.3 is 16.2 Å². The van der Waals surface area contributed by atoms with Gasteiger partial charge in [-0.1, -0.05) is 49.4 Å². The van der Waals surface area contributed by atoms with Crippen molar-refractivity contribution in [2.75, 3.05) is 23.4 Å². The zero-order valence-corrected chi connectivity index (χ0v) is 22.1. The molecule has 5 N–H and O–H groups in total. The monoisotopic (exact) mass is 528 g/mol. The predicted molar refractivity (Wildman–Crippen MR) is 151 cm³/mol. The number of carbonyl (C=O) groups is 1. The Kier molecular flexibility index (Phi) is 6.41. The van der Waals surface area contributed by atoms with E-state index < -0.39 is 5.91 Å². The third-order valence-corrected chi connectivity index (χ3v) is 8.01. The molecular weight excluding hydrogens is 504 g/mol. The molecule has 3 aromatic heterocycles. The Morgan fingerprint density at radius 1 is 1.14 bits per heavy atom. The molecule has 0 atom stereocenters. The number of amides is 1. The summed E-state index contributed by atoms with van der Waals surface area (Å²) < 4.78 is 6.45. The third kappa shape index (κ3) is 4.43. The van der Waals surface area contributed by atoms with Crippen LogP contribution < -0.4 is 21.5 Å². The number of fused-ring (bicyclic) bond motifs is 2. The van der Waals surface area contributed by atoms with E-state index in [0.717, 1.165) is 32.9 Å². The first kappa shape index (κ1) is 24.5.